The fourth-order valence-electron chi connectivity index (χ4n) is 13.9. The summed E-state index contributed by atoms with van der Waals surface area (Å²) in [6, 6.07) is 14.2. The normalized spacial score (nSPS) is 17.5. The second-order valence-corrected chi connectivity index (χ2v) is 27.3. The first-order valence-corrected chi connectivity index (χ1v) is 37.1. The van der Waals surface area contributed by atoms with E-state index in [9.17, 15) is 58.8 Å². The van der Waals surface area contributed by atoms with E-state index >= 15 is 0 Å². The van der Waals surface area contributed by atoms with E-state index in [2.05, 4.69) is 46.1 Å². The molecule has 5 aromatic heterocycles. The summed E-state index contributed by atoms with van der Waals surface area (Å²) in [5.74, 6) is 3.37. The molecule has 11 rings (SSSR count). The Morgan fingerprint density at radius 2 is 1.36 bits per heavy atom. The summed E-state index contributed by atoms with van der Waals surface area (Å²) in [7, 11) is 0. The number of hydrogen-bond donors (Lipinski definition) is 10. The minimum absolute atomic E-state index is 0.00314. The molecule has 0 spiro atoms. The Morgan fingerprint density at radius 3 is 2.05 bits per heavy atom. The number of aliphatic hydroxyl groups excluding tert-OH is 3. The van der Waals surface area contributed by atoms with Gasteiger partial charge in [-0.25, -0.2) is 25.5 Å². The van der Waals surface area contributed by atoms with Crippen molar-refractivity contribution < 1.29 is 87.3 Å². The maximum absolute atomic E-state index is 14.2. The van der Waals surface area contributed by atoms with Gasteiger partial charge in [0.05, 0.1) is 55.2 Å². The molecular formula is C74H95N19O18. The number of carboxylic acids is 1. The number of amides is 6. The van der Waals surface area contributed by atoms with Gasteiger partial charge in [-0.1, -0.05) is 24.6 Å². The SMILES string of the molecule is CCOc1cc(C(N)=O)cc2nc(CC(=O)c3cc(C)nn3CC)n(C/C=C/Cn3c(NC(=O)c4cc(C)nn4CC)nc4cc(C(N)=O)cc(OCCCN5CCC(c6nnc7n6CCN(C(=O)OCc6ccc(O[C@@H]8O[C@H](C(=O)O)[C@@H](O)[C@H](O)[C@H]8O)c(CNC(=O)CCNC(=O)CCCCCON)c6)C7)CC5)c43)c12. The van der Waals surface area contributed by atoms with Crippen molar-refractivity contribution in [2.45, 2.75) is 181 Å². The largest absolute Gasteiger partial charge is 0.492 e. The molecule has 37 heteroatoms. The van der Waals surface area contributed by atoms with Crippen LogP contribution in [0.5, 0.6) is 17.2 Å². The van der Waals surface area contributed by atoms with Gasteiger partial charge in [-0.05, 0) is 134 Å². The van der Waals surface area contributed by atoms with Gasteiger partial charge in [-0.3, -0.25) is 48.3 Å². The fraction of sp³-hybridized carbons (Fsp3) is 0.486. The summed E-state index contributed by atoms with van der Waals surface area (Å²) < 4.78 is 38.6. The Bertz CT molecular complexity index is 4740. The van der Waals surface area contributed by atoms with Gasteiger partial charge in [0.1, 0.15) is 76.2 Å². The Morgan fingerprint density at radius 1 is 0.694 bits per heavy atom. The first-order chi connectivity index (χ1) is 53.4. The number of primary amides is 2. The lowest BCUT2D eigenvalue weighted by Gasteiger charge is -2.38. The van der Waals surface area contributed by atoms with Crippen molar-refractivity contribution in [1.29, 1.82) is 0 Å². The van der Waals surface area contributed by atoms with E-state index in [0.29, 0.717) is 132 Å². The zero-order chi connectivity index (χ0) is 79.2. The minimum atomic E-state index is -1.96. The van der Waals surface area contributed by atoms with Gasteiger partial charge in [-0.15, -0.1) is 10.2 Å². The highest BCUT2D eigenvalue weighted by Crippen LogP contribution is 2.35. The molecule has 8 heterocycles. The lowest BCUT2D eigenvalue weighted by atomic mass is 9.95. The molecule has 5 atom stereocenters. The van der Waals surface area contributed by atoms with Crippen LogP contribution in [0.4, 0.5) is 10.7 Å². The molecule has 0 aliphatic carbocycles. The summed E-state index contributed by atoms with van der Waals surface area (Å²) in [5.41, 5.74) is 16.6. The van der Waals surface area contributed by atoms with Crippen molar-refractivity contribution in [3.8, 4) is 17.2 Å². The van der Waals surface area contributed by atoms with E-state index in [1.165, 1.54) is 11.0 Å². The van der Waals surface area contributed by atoms with E-state index in [4.69, 9.17) is 51.0 Å². The molecule has 37 nitrogen and oxygen atoms in total. The summed E-state index contributed by atoms with van der Waals surface area (Å²) in [6.45, 7) is 13.8. The third kappa shape index (κ3) is 19.5. The number of benzene rings is 3. The number of ketones is 1. The Kier molecular flexibility index (Phi) is 26.9. The molecule has 0 unspecified atom stereocenters. The summed E-state index contributed by atoms with van der Waals surface area (Å²) >= 11 is 0. The second-order valence-electron chi connectivity index (χ2n) is 27.3. The van der Waals surface area contributed by atoms with Crippen LogP contribution >= 0.6 is 0 Å². The predicted octanol–water partition coefficient (Wildman–Crippen LogP) is 3.20. The van der Waals surface area contributed by atoms with Gasteiger partial charge in [-0.2, -0.15) is 10.2 Å². The lowest BCUT2D eigenvalue weighted by Crippen LogP contribution is -2.61. The Labute approximate surface area is 637 Å². The summed E-state index contributed by atoms with van der Waals surface area (Å²) in [4.78, 5) is 123. The molecule has 594 valence electrons. The van der Waals surface area contributed by atoms with Gasteiger partial charge < -0.3 is 89.7 Å². The first-order valence-electron chi connectivity index (χ1n) is 37.1. The molecule has 2 fully saturated rings. The molecule has 3 aliphatic heterocycles. The number of carbonyl (C=O) groups excluding carboxylic acids is 7. The number of nitrogens with zero attached hydrogens (tertiary/aromatic N) is 13. The molecule has 2 saturated heterocycles. The molecule has 3 aliphatic rings. The maximum atomic E-state index is 14.2. The number of likely N-dealkylation sites (tertiary alicyclic amines) is 1. The average Bonchev–Trinajstić information content (AvgIpc) is 1.62. The van der Waals surface area contributed by atoms with E-state index in [1.54, 1.807) is 69.4 Å². The molecule has 0 bridgehead atoms. The fourth-order valence-corrected chi connectivity index (χ4v) is 13.9. The van der Waals surface area contributed by atoms with Gasteiger partial charge in [0.2, 0.25) is 35.9 Å². The van der Waals surface area contributed by atoms with Crippen LogP contribution in [-0.4, -0.2) is 214 Å². The van der Waals surface area contributed by atoms with Crippen LogP contribution in [0.15, 0.2) is 66.7 Å². The number of aromatic nitrogens is 11. The standard InChI is InChI=1S/C74H95N19O18/c1-6-92-51(31-42(4)85-92)53(94)38-57-80-49-34-46(67(75)100)36-55(106-8-3)61(49)89(57)23-11-12-24-91-62-50(81-73(91)82-70(102)52-32-43(5)86-93(52)7-2)35-47(68(76)101)37-56(62)107-29-14-22-87-25-19-45(20-26-87)69-84-83-58-40-88(27-28-90(58)69)74(105)108-41-44-16-17-54(110-72-65(99)63(97)64(98)66(111-72)71(103)104)48(33-44)39-79-60(96)18-21-78-59(95)15-10-9-13-30-109-77/h11-12,16-17,31-37,45,63-66,72,97-99H,6-10,13-15,18-30,38-41,77H2,1-5H3,(H2,75,100)(H2,76,101)(H,78,95)(H,79,96)(H,103,104)(H,81,82,102)/b12-11+/t63-,64-,65+,66-,72+/m0/s1. The second kappa shape index (κ2) is 37.0. The highest BCUT2D eigenvalue weighted by molar-refractivity contribution is 6.04. The number of carbonyl (C=O) groups is 8. The molecule has 8 aromatic rings. The van der Waals surface area contributed by atoms with Crippen LogP contribution in [0.3, 0.4) is 0 Å². The van der Waals surface area contributed by atoms with Crippen LogP contribution in [0.25, 0.3) is 22.1 Å². The van der Waals surface area contributed by atoms with Gasteiger partial charge in [0, 0.05) is 94.4 Å². The van der Waals surface area contributed by atoms with Crippen molar-refractivity contribution in [1.82, 2.24) is 73.9 Å². The summed E-state index contributed by atoms with van der Waals surface area (Å²) in [5, 5.41) is 67.7. The number of carboxylic acid groups (broad SMARTS) is 1. The molecule has 6 amide bonds. The van der Waals surface area contributed by atoms with Crippen molar-refractivity contribution in [3.05, 3.63) is 129 Å². The third-order valence-electron chi connectivity index (χ3n) is 19.5. The number of hydrogen-bond acceptors (Lipinski definition) is 25. The van der Waals surface area contributed by atoms with Crippen LogP contribution in [-0.2, 0) is 87.5 Å². The Hall–Kier alpha value is -11.2. The molecule has 3 aromatic carbocycles. The van der Waals surface area contributed by atoms with Crippen molar-refractivity contribution in [3.63, 3.8) is 0 Å². The number of allylic oxidation sites excluding steroid dienone is 2. The van der Waals surface area contributed by atoms with E-state index in [0.717, 1.165) is 38.2 Å². The number of nitrogens with one attached hydrogen (secondary N) is 3. The number of imidazole rings is 2. The maximum Gasteiger partial charge on any atom is 0.410 e. The Balaban J connectivity index is 0.724. The smallest absolute Gasteiger partial charge is 0.410 e. The van der Waals surface area contributed by atoms with E-state index in [-0.39, 0.29) is 118 Å². The number of rotatable bonds is 37. The number of piperidine rings is 1. The predicted molar refractivity (Wildman–Crippen MR) is 397 cm³/mol. The number of aliphatic carboxylic acids is 1. The molecule has 0 saturated carbocycles. The molecule has 13 N–H and O–H groups in total. The van der Waals surface area contributed by atoms with Crippen molar-refractivity contribution in [2.24, 2.45) is 17.4 Å². The van der Waals surface area contributed by atoms with E-state index < -0.39 is 66.4 Å². The zero-order valence-corrected chi connectivity index (χ0v) is 62.5. The number of nitrogens with two attached hydrogens (primary N) is 3. The van der Waals surface area contributed by atoms with Crippen molar-refractivity contribution >= 4 is 75.4 Å². The highest BCUT2D eigenvalue weighted by Gasteiger charge is 2.48. The zero-order valence-electron chi connectivity index (χ0n) is 62.5. The van der Waals surface area contributed by atoms with Crippen LogP contribution < -0.4 is 47.5 Å². The number of anilines is 1. The van der Waals surface area contributed by atoms with Crippen LogP contribution in [0.2, 0.25) is 0 Å². The van der Waals surface area contributed by atoms with Gasteiger partial charge in [0.25, 0.3) is 5.91 Å². The quantitative estimate of drug-likeness (QED) is 0.0116. The number of fused-ring (bicyclic) bond motifs is 3. The number of aryl methyl sites for hydroxylation is 4. The number of ether oxygens (including phenoxy) is 5. The average molecular weight is 1540 g/mol. The van der Waals surface area contributed by atoms with Gasteiger partial charge in [0.15, 0.2) is 17.7 Å². The van der Waals surface area contributed by atoms with Gasteiger partial charge >= 0.3 is 12.1 Å². The van der Waals surface area contributed by atoms with Crippen molar-refractivity contribution in [2.75, 3.05) is 57.9 Å². The number of unbranched alkanes of at least 4 members (excludes halogenated alkanes) is 2. The monoisotopic (exact) mass is 1540 g/mol. The molecular weight excluding hydrogens is 1440 g/mol. The summed E-state index contributed by atoms with van der Waals surface area (Å²) in [6.07, 6.45) is -2.13. The minimum Gasteiger partial charge on any atom is -0.492 e. The third-order valence-corrected chi connectivity index (χ3v) is 19.5. The lowest BCUT2D eigenvalue weighted by molar-refractivity contribution is -0.271. The molecule has 111 heavy (non-hydrogen) atoms. The molecule has 0 radical (unpaired) electrons. The number of Topliss-reactive ketones (excluding diaryl/α,β-unsaturated/α-hetero) is 1. The topological polar surface area (TPSA) is 495 Å². The first kappa shape index (κ1) is 80.8. The van der Waals surface area contributed by atoms with Crippen LogP contribution in [0.1, 0.15) is 160 Å². The van der Waals surface area contributed by atoms with E-state index in [1.807, 2.05) is 49.0 Å². The van der Waals surface area contributed by atoms with Crippen LogP contribution in [0, 0.1) is 13.8 Å². The highest BCUT2D eigenvalue weighted by atomic mass is 16.7. The number of aliphatic hydroxyl groups is 3.